The molecule has 1 heterocycles. The fraction of sp³-hybridized carbons (Fsp3) is 0.222. The van der Waals surface area contributed by atoms with Crippen LogP contribution in [-0.2, 0) is 4.79 Å². The van der Waals surface area contributed by atoms with E-state index in [1.165, 1.54) is 47.4 Å². The number of rotatable bonds is 6. The van der Waals surface area contributed by atoms with Gasteiger partial charge in [0.25, 0.3) is 11.6 Å². The molecule has 0 unspecified atom stereocenters. The molecule has 0 bridgehead atoms. The highest BCUT2D eigenvalue weighted by Gasteiger charge is 2.43. The zero-order valence-electron chi connectivity index (χ0n) is 14.4. The van der Waals surface area contributed by atoms with Crippen LogP contribution in [-0.4, -0.2) is 41.0 Å². The first kappa shape index (κ1) is 18.3. The smallest absolute Gasteiger partial charge is 0.332 e. The standard InChI is InChI=1S/C18H16FN3O5/c1-12-17(23)20(18(24)21(12)14-7-5-13(19)6-8-14)9-10-27-16-4-2-3-15(11-16)22(25)26/h2-8,11-12H,9-10H2,1H3/t12-/m0/s1. The first-order chi connectivity index (χ1) is 12.9. The minimum absolute atomic E-state index is 0.0113. The Balaban J connectivity index is 1.66. The third-order valence-electron chi connectivity index (χ3n) is 4.16. The fourth-order valence-electron chi connectivity index (χ4n) is 2.81. The maximum atomic E-state index is 13.1. The van der Waals surface area contributed by atoms with Crippen LogP contribution < -0.4 is 9.64 Å². The lowest BCUT2D eigenvalue weighted by Crippen LogP contribution is -2.36. The van der Waals surface area contributed by atoms with Crippen LogP contribution in [0.5, 0.6) is 5.75 Å². The van der Waals surface area contributed by atoms with Crippen LogP contribution in [0, 0.1) is 15.9 Å². The van der Waals surface area contributed by atoms with Gasteiger partial charge in [0.2, 0.25) is 0 Å². The van der Waals surface area contributed by atoms with E-state index in [1.54, 1.807) is 13.0 Å². The molecule has 0 saturated carbocycles. The molecule has 140 valence electrons. The summed E-state index contributed by atoms with van der Waals surface area (Å²) in [6.45, 7) is 1.57. The molecule has 0 spiro atoms. The summed E-state index contributed by atoms with van der Waals surface area (Å²) in [5.74, 6) is -0.565. The lowest BCUT2D eigenvalue weighted by atomic mass is 10.2. The van der Waals surface area contributed by atoms with Gasteiger partial charge >= 0.3 is 6.03 Å². The maximum absolute atomic E-state index is 13.1. The number of nitro benzene ring substituents is 1. The maximum Gasteiger partial charge on any atom is 0.332 e. The molecule has 3 amide bonds. The SMILES string of the molecule is C[C@H]1C(=O)N(CCOc2cccc([N+](=O)[O-])c2)C(=O)N1c1ccc(F)cc1. The highest BCUT2D eigenvalue weighted by atomic mass is 19.1. The predicted molar refractivity (Wildman–Crippen MR) is 94.0 cm³/mol. The second kappa shape index (κ2) is 7.40. The van der Waals surface area contributed by atoms with Crippen molar-refractivity contribution in [3.8, 4) is 5.75 Å². The highest BCUT2D eigenvalue weighted by Crippen LogP contribution is 2.26. The predicted octanol–water partition coefficient (Wildman–Crippen LogP) is 2.97. The van der Waals surface area contributed by atoms with Crippen LogP contribution in [0.2, 0.25) is 0 Å². The average Bonchev–Trinajstić information content (AvgIpc) is 2.86. The molecule has 27 heavy (non-hydrogen) atoms. The molecule has 1 atom stereocenters. The molecule has 2 aromatic carbocycles. The van der Waals surface area contributed by atoms with Crippen molar-refractivity contribution in [1.29, 1.82) is 0 Å². The van der Waals surface area contributed by atoms with Gasteiger partial charge in [0, 0.05) is 11.8 Å². The van der Waals surface area contributed by atoms with Crippen LogP contribution >= 0.6 is 0 Å². The van der Waals surface area contributed by atoms with Gasteiger partial charge in [0.05, 0.1) is 17.5 Å². The summed E-state index contributed by atoms with van der Waals surface area (Å²) in [5, 5.41) is 10.8. The van der Waals surface area contributed by atoms with E-state index < -0.39 is 28.7 Å². The Bertz CT molecular complexity index is 887. The van der Waals surface area contributed by atoms with Gasteiger partial charge in [0.15, 0.2) is 0 Å². The van der Waals surface area contributed by atoms with E-state index in [-0.39, 0.29) is 24.6 Å². The van der Waals surface area contributed by atoms with Gasteiger partial charge < -0.3 is 4.74 Å². The van der Waals surface area contributed by atoms with Crippen LogP contribution in [0.3, 0.4) is 0 Å². The molecule has 1 aliphatic rings. The number of amides is 3. The third kappa shape index (κ3) is 3.71. The van der Waals surface area contributed by atoms with Crippen molar-refractivity contribution in [2.24, 2.45) is 0 Å². The summed E-state index contributed by atoms with van der Waals surface area (Å²) < 4.78 is 18.5. The van der Waals surface area contributed by atoms with E-state index in [9.17, 15) is 24.1 Å². The second-order valence-corrected chi connectivity index (χ2v) is 5.90. The Morgan fingerprint density at radius 3 is 2.56 bits per heavy atom. The van der Waals surface area contributed by atoms with Crippen molar-refractivity contribution in [2.75, 3.05) is 18.1 Å². The number of halogens is 1. The van der Waals surface area contributed by atoms with Crippen molar-refractivity contribution < 1.29 is 23.6 Å². The first-order valence-electron chi connectivity index (χ1n) is 8.16. The lowest BCUT2D eigenvalue weighted by Gasteiger charge is -2.19. The Kier molecular flexibility index (Phi) is 5.02. The second-order valence-electron chi connectivity index (χ2n) is 5.90. The Labute approximate surface area is 153 Å². The van der Waals surface area contributed by atoms with Gasteiger partial charge in [-0.1, -0.05) is 6.07 Å². The van der Waals surface area contributed by atoms with Gasteiger partial charge in [-0.25, -0.2) is 9.18 Å². The number of benzene rings is 2. The van der Waals surface area contributed by atoms with E-state index in [0.29, 0.717) is 5.69 Å². The topological polar surface area (TPSA) is 93.0 Å². The molecule has 0 aromatic heterocycles. The van der Waals surface area contributed by atoms with E-state index in [2.05, 4.69) is 0 Å². The lowest BCUT2D eigenvalue weighted by molar-refractivity contribution is -0.384. The molecule has 2 aromatic rings. The monoisotopic (exact) mass is 373 g/mol. The number of ether oxygens (including phenoxy) is 1. The molecule has 3 rings (SSSR count). The Morgan fingerprint density at radius 2 is 1.89 bits per heavy atom. The van der Waals surface area contributed by atoms with E-state index in [0.717, 1.165) is 4.90 Å². The molecule has 1 fully saturated rings. The number of carbonyl (C=O) groups is 2. The molecule has 9 heteroatoms. The average molecular weight is 373 g/mol. The fourth-order valence-corrected chi connectivity index (χ4v) is 2.81. The summed E-state index contributed by atoms with van der Waals surface area (Å²) in [7, 11) is 0. The molecular weight excluding hydrogens is 357 g/mol. The summed E-state index contributed by atoms with van der Waals surface area (Å²) in [4.78, 5) is 37.6. The quantitative estimate of drug-likeness (QED) is 0.441. The van der Waals surface area contributed by atoms with Crippen molar-refractivity contribution in [3.05, 3.63) is 64.5 Å². The van der Waals surface area contributed by atoms with Gasteiger partial charge in [-0.15, -0.1) is 0 Å². The zero-order valence-corrected chi connectivity index (χ0v) is 14.4. The number of urea groups is 1. The summed E-state index contributed by atoms with van der Waals surface area (Å²) in [6.07, 6.45) is 0. The van der Waals surface area contributed by atoms with Gasteiger partial charge in [-0.05, 0) is 37.3 Å². The number of hydrogen-bond acceptors (Lipinski definition) is 5. The number of hydrogen-bond donors (Lipinski definition) is 0. The molecule has 0 N–H and O–H groups in total. The van der Waals surface area contributed by atoms with Crippen molar-refractivity contribution in [2.45, 2.75) is 13.0 Å². The highest BCUT2D eigenvalue weighted by molar-refractivity contribution is 6.14. The van der Waals surface area contributed by atoms with Gasteiger partial charge in [-0.3, -0.25) is 24.7 Å². The molecule has 8 nitrogen and oxygen atoms in total. The van der Waals surface area contributed by atoms with Crippen molar-refractivity contribution >= 4 is 23.3 Å². The van der Waals surface area contributed by atoms with Crippen LogP contribution in [0.4, 0.5) is 20.6 Å². The van der Waals surface area contributed by atoms with Crippen molar-refractivity contribution in [3.63, 3.8) is 0 Å². The number of non-ortho nitro benzene ring substituents is 1. The van der Waals surface area contributed by atoms with E-state index in [1.807, 2.05) is 0 Å². The molecule has 0 radical (unpaired) electrons. The van der Waals surface area contributed by atoms with Crippen molar-refractivity contribution in [1.82, 2.24) is 4.90 Å². The number of anilines is 1. The largest absolute Gasteiger partial charge is 0.491 e. The van der Waals surface area contributed by atoms with Crippen LogP contribution in [0.15, 0.2) is 48.5 Å². The Morgan fingerprint density at radius 1 is 1.19 bits per heavy atom. The summed E-state index contributed by atoms with van der Waals surface area (Å²) in [5.41, 5.74) is 0.307. The van der Waals surface area contributed by atoms with Gasteiger partial charge in [-0.2, -0.15) is 0 Å². The van der Waals surface area contributed by atoms with Crippen LogP contribution in [0.1, 0.15) is 6.92 Å². The molecule has 1 aliphatic heterocycles. The van der Waals surface area contributed by atoms with E-state index in [4.69, 9.17) is 4.74 Å². The molecule has 1 saturated heterocycles. The summed E-state index contributed by atoms with van der Waals surface area (Å²) >= 11 is 0. The summed E-state index contributed by atoms with van der Waals surface area (Å²) in [6, 6.07) is 9.68. The zero-order chi connectivity index (χ0) is 19.6. The van der Waals surface area contributed by atoms with Gasteiger partial charge in [0.1, 0.15) is 24.2 Å². The van der Waals surface area contributed by atoms with E-state index >= 15 is 0 Å². The normalized spacial score (nSPS) is 16.7. The first-order valence-corrected chi connectivity index (χ1v) is 8.16. The third-order valence-corrected chi connectivity index (χ3v) is 4.16. The minimum Gasteiger partial charge on any atom is -0.491 e. The number of imide groups is 1. The number of carbonyl (C=O) groups excluding carboxylic acids is 2. The molecular formula is C18H16FN3O5. The number of nitrogens with zero attached hydrogens (tertiary/aromatic N) is 3. The Hall–Kier alpha value is -3.49. The number of nitro groups is 1. The minimum atomic E-state index is -0.722. The molecule has 0 aliphatic carbocycles. The van der Waals surface area contributed by atoms with Crippen LogP contribution in [0.25, 0.3) is 0 Å².